The lowest BCUT2D eigenvalue weighted by atomic mass is 10.1. The van der Waals surface area contributed by atoms with E-state index >= 15 is 0 Å². The topological polar surface area (TPSA) is 75.7 Å². The number of anilines is 1. The number of ether oxygens (including phenoxy) is 1. The van der Waals surface area contributed by atoms with Gasteiger partial charge < -0.3 is 10.1 Å². The maximum atomic E-state index is 12.9. The summed E-state index contributed by atoms with van der Waals surface area (Å²) in [5, 5.41) is 2.25. The molecule has 7 heteroatoms. The average Bonchev–Trinajstić information content (AvgIpc) is 3.06. The molecule has 0 saturated carbocycles. The number of aryl methyl sites for hydroxylation is 2. The van der Waals surface area contributed by atoms with Crippen LogP contribution in [0.1, 0.15) is 22.3 Å². The van der Waals surface area contributed by atoms with Crippen LogP contribution in [-0.4, -0.2) is 28.5 Å². The lowest BCUT2D eigenvalue weighted by Crippen LogP contribution is -2.36. The zero-order chi connectivity index (χ0) is 24.1. The number of benzene rings is 3. The number of imide groups is 1. The van der Waals surface area contributed by atoms with Gasteiger partial charge in [0.15, 0.2) is 0 Å². The Morgan fingerprint density at radius 3 is 2.47 bits per heavy atom. The highest BCUT2D eigenvalue weighted by molar-refractivity contribution is 8.18. The van der Waals surface area contributed by atoms with Crippen LogP contribution in [0.2, 0.25) is 0 Å². The van der Waals surface area contributed by atoms with E-state index < -0.39 is 17.1 Å². The van der Waals surface area contributed by atoms with Gasteiger partial charge in [-0.2, -0.15) is 0 Å². The number of amides is 3. The number of para-hydroxylation sites is 1. The van der Waals surface area contributed by atoms with Gasteiger partial charge in [-0.25, -0.2) is 0 Å². The Bertz CT molecular complexity index is 1280. The highest BCUT2D eigenvalue weighted by Crippen LogP contribution is 2.34. The van der Waals surface area contributed by atoms with Crippen LogP contribution in [-0.2, 0) is 16.2 Å². The molecule has 0 radical (unpaired) electrons. The summed E-state index contributed by atoms with van der Waals surface area (Å²) in [5.41, 5.74) is 4.48. The standard InChI is InChI=1S/C27H24N2O4S/c1-18-7-5-9-20(13-18)17-33-23-12-4-3-10-21(23)15-24-26(31)29(27(32)34-24)16-25(30)28-22-11-6-8-19(2)14-22/h3-15H,16-17H2,1-2H3,(H,28,30)/b24-15+. The third-order valence-corrected chi connectivity index (χ3v) is 6.07. The zero-order valence-corrected chi connectivity index (χ0v) is 19.7. The number of hydrogen-bond acceptors (Lipinski definition) is 5. The molecule has 0 aliphatic carbocycles. The molecule has 1 N–H and O–H groups in total. The summed E-state index contributed by atoms with van der Waals surface area (Å²) in [4.78, 5) is 39.0. The minimum absolute atomic E-state index is 0.250. The van der Waals surface area contributed by atoms with Crippen LogP contribution >= 0.6 is 11.8 Å². The number of hydrogen-bond donors (Lipinski definition) is 1. The fraction of sp³-hybridized carbons (Fsp3) is 0.148. The molecule has 1 saturated heterocycles. The summed E-state index contributed by atoms with van der Waals surface area (Å²) >= 11 is 0.815. The van der Waals surface area contributed by atoms with Crippen molar-refractivity contribution in [2.24, 2.45) is 0 Å². The van der Waals surface area contributed by atoms with Crippen LogP contribution in [0.15, 0.2) is 77.7 Å². The van der Waals surface area contributed by atoms with Crippen LogP contribution in [0.4, 0.5) is 10.5 Å². The van der Waals surface area contributed by atoms with Gasteiger partial charge in [-0.15, -0.1) is 0 Å². The van der Waals surface area contributed by atoms with E-state index in [1.807, 2.05) is 74.5 Å². The molecule has 0 aromatic heterocycles. The number of carbonyl (C=O) groups excluding carboxylic acids is 3. The Kier molecular flexibility index (Phi) is 7.13. The largest absolute Gasteiger partial charge is 0.488 e. The molecule has 3 aromatic rings. The van der Waals surface area contributed by atoms with Crippen molar-refractivity contribution in [3.05, 3.63) is 100.0 Å². The van der Waals surface area contributed by atoms with Crippen LogP contribution in [0.3, 0.4) is 0 Å². The molecule has 34 heavy (non-hydrogen) atoms. The zero-order valence-electron chi connectivity index (χ0n) is 18.9. The van der Waals surface area contributed by atoms with Crippen molar-refractivity contribution >= 4 is 40.6 Å². The highest BCUT2D eigenvalue weighted by Gasteiger charge is 2.36. The van der Waals surface area contributed by atoms with E-state index in [-0.39, 0.29) is 11.4 Å². The molecule has 0 unspecified atom stereocenters. The second kappa shape index (κ2) is 10.4. The first kappa shape index (κ1) is 23.3. The number of nitrogens with one attached hydrogen (secondary N) is 1. The van der Waals surface area contributed by atoms with Gasteiger partial charge in [-0.05, 0) is 61.0 Å². The second-order valence-corrected chi connectivity index (χ2v) is 8.99. The molecular weight excluding hydrogens is 448 g/mol. The smallest absolute Gasteiger partial charge is 0.294 e. The van der Waals surface area contributed by atoms with E-state index in [9.17, 15) is 14.4 Å². The SMILES string of the molecule is Cc1cccc(COc2ccccc2/C=C2/SC(=O)N(CC(=O)Nc3cccc(C)c3)C2=O)c1. The first-order chi connectivity index (χ1) is 16.4. The van der Waals surface area contributed by atoms with Gasteiger partial charge in [0, 0.05) is 11.3 Å². The minimum Gasteiger partial charge on any atom is -0.488 e. The predicted molar refractivity (Wildman–Crippen MR) is 134 cm³/mol. The molecule has 1 aliphatic rings. The van der Waals surface area contributed by atoms with E-state index in [2.05, 4.69) is 11.4 Å². The molecule has 6 nitrogen and oxygen atoms in total. The van der Waals surface area contributed by atoms with Crippen molar-refractivity contribution in [3.8, 4) is 5.75 Å². The summed E-state index contributed by atoms with van der Waals surface area (Å²) in [5.74, 6) is -0.327. The molecule has 1 fully saturated rings. The van der Waals surface area contributed by atoms with E-state index in [0.29, 0.717) is 23.6 Å². The van der Waals surface area contributed by atoms with Crippen LogP contribution in [0.25, 0.3) is 6.08 Å². The van der Waals surface area contributed by atoms with Crippen molar-refractivity contribution in [1.29, 1.82) is 0 Å². The summed E-state index contributed by atoms with van der Waals surface area (Å²) in [6, 6.07) is 22.7. The first-order valence-electron chi connectivity index (χ1n) is 10.8. The predicted octanol–water partition coefficient (Wildman–Crippen LogP) is 5.56. The average molecular weight is 473 g/mol. The lowest BCUT2D eigenvalue weighted by molar-refractivity contribution is -0.127. The Labute approximate surface area is 202 Å². The first-order valence-corrected chi connectivity index (χ1v) is 11.6. The van der Waals surface area contributed by atoms with Gasteiger partial charge in [-0.3, -0.25) is 19.3 Å². The Morgan fingerprint density at radius 2 is 1.71 bits per heavy atom. The second-order valence-electron chi connectivity index (χ2n) is 8.00. The third-order valence-electron chi connectivity index (χ3n) is 5.16. The number of thioether (sulfide) groups is 1. The fourth-order valence-electron chi connectivity index (χ4n) is 3.54. The van der Waals surface area contributed by atoms with Crippen LogP contribution in [0.5, 0.6) is 5.75 Å². The van der Waals surface area contributed by atoms with Crippen molar-refractivity contribution in [1.82, 2.24) is 4.90 Å². The summed E-state index contributed by atoms with van der Waals surface area (Å²) in [6.07, 6.45) is 1.63. The molecule has 1 heterocycles. The normalized spacial score (nSPS) is 14.5. The van der Waals surface area contributed by atoms with E-state index in [1.54, 1.807) is 12.1 Å². The van der Waals surface area contributed by atoms with E-state index in [0.717, 1.165) is 33.4 Å². The Morgan fingerprint density at radius 1 is 0.971 bits per heavy atom. The minimum atomic E-state index is -0.497. The molecule has 0 spiro atoms. The molecule has 0 atom stereocenters. The molecule has 0 bridgehead atoms. The Balaban J connectivity index is 1.45. The van der Waals surface area contributed by atoms with Gasteiger partial charge in [0.05, 0.1) is 4.91 Å². The van der Waals surface area contributed by atoms with Crippen molar-refractivity contribution in [2.75, 3.05) is 11.9 Å². The van der Waals surface area contributed by atoms with Crippen LogP contribution in [0, 0.1) is 13.8 Å². The maximum absolute atomic E-state index is 12.9. The monoisotopic (exact) mass is 472 g/mol. The van der Waals surface area contributed by atoms with Crippen LogP contribution < -0.4 is 10.1 Å². The van der Waals surface area contributed by atoms with Crippen molar-refractivity contribution in [2.45, 2.75) is 20.5 Å². The van der Waals surface area contributed by atoms with Crippen molar-refractivity contribution < 1.29 is 19.1 Å². The molecule has 4 rings (SSSR count). The number of carbonyl (C=O) groups is 3. The third kappa shape index (κ3) is 5.74. The van der Waals surface area contributed by atoms with Gasteiger partial charge in [0.25, 0.3) is 11.1 Å². The van der Waals surface area contributed by atoms with Gasteiger partial charge >= 0.3 is 0 Å². The van der Waals surface area contributed by atoms with Gasteiger partial charge in [0.2, 0.25) is 5.91 Å². The molecule has 3 amide bonds. The highest BCUT2D eigenvalue weighted by atomic mass is 32.2. The van der Waals surface area contributed by atoms with E-state index in [1.165, 1.54) is 0 Å². The summed E-state index contributed by atoms with van der Waals surface area (Å²) in [7, 11) is 0. The quantitative estimate of drug-likeness (QED) is 0.456. The number of rotatable bonds is 7. The molecule has 1 aliphatic heterocycles. The molecular formula is C27H24N2O4S. The Hall–Kier alpha value is -3.84. The molecule has 172 valence electrons. The molecule has 3 aromatic carbocycles. The maximum Gasteiger partial charge on any atom is 0.294 e. The van der Waals surface area contributed by atoms with Gasteiger partial charge in [0.1, 0.15) is 18.9 Å². The van der Waals surface area contributed by atoms with Crippen molar-refractivity contribution in [3.63, 3.8) is 0 Å². The van der Waals surface area contributed by atoms with Gasteiger partial charge in [-0.1, -0.05) is 60.2 Å². The summed E-state index contributed by atoms with van der Waals surface area (Å²) < 4.78 is 5.99. The summed E-state index contributed by atoms with van der Waals surface area (Å²) in [6.45, 7) is 3.97. The van der Waals surface area contributed by atoms with E-state index in [4.69, 9.17) is 4.74 Å². The lowest BCUT2D eigenvalue weighted by Gasteiger charge is -2.13. The fourth-order valence-corrected chi connectivity index (χ4v) is 4.37. The number of nitrogens with zero attached hydrogens (tertiary/aromatic N) is 1.